The molecule has 18 heavy (non-hydrogen) atoms. The van der Waals surface area contributed by atoms with Crippen molar-refractivity contribution < 1.29 is 0 Å². The van der Waals surface area contributed by atoms with E-state index in [-0.39, 0.29) is 0 Å². The molecule has 0 saturated heterocycles. The summed E-state index contributed by atoms with van der Waals surface area (Å²) < 4.78 is 1.98. The van der Waals surface area contributed by atoms with Gasteiger partial charge < -0.3 is 4.57 Å². The van der Waals surface area contributed by atoms with Crippen molar-refractivity contribution in [3.63, 3.8) is 0 Å². The first-order valence-corrected chi connectivity index (χ1v) is 5.57. The summed E-state index contributed by atoms with van der Waals surface area (Å²) in [5.41, 5.74) is 3.19. The van der Waals surface area contributed by atoms with Crippen molar-refractivity contribution in [2.24, 2.45) is 7.05 Å². The number of para-hydroxylation sites is 1. The van der Waals surface area contributed by atoms with Crippen LogP contribution in [-0.4, -0.2) is 4.57 Å². The topological polar surface area (TPSA) is 52.5 Å². The van der Waals surface area contributed by atoms with Gasteiger partial charge in [-0.2, -0.15) is 10.5 Å². The molecule has 0 radical (unpaired) electrons. The van der Waals surface area contributed by atoms with Gasteiger partial charge in [0, 0.05) is 17.8 Å². The van der Waals surface area contributed by atoms with Crippen molar-refractivity contribution in [1.29, 1.82) is 10.5 Å². The van der Waals surface area contributed by atoms with Crippen molar-refractivity contribution in [3.8, 4) is 12.1 Å². The number of fused-ring (bicyclic) bond motifs is 3. The maximum absolute atomic E-state index is 9.17. The quantitative estimate of drug-likeness (QED) is 0.597. The molecule has 0 unspecified atom stereocenters. The van der Waals surface area contributed by atoms with Crippen LogP contribution in [0, 0.1) is 22.7 Å². The lowest BCUT2D eigenvalue weighted by Crippen LogP contribution is -1.89. The van der Waals surface area contributed by atoms with Gasteiger partial charge in [0.25, 0.3) is 0 Å². The minimum Gasteiger partial charge on any atom is -0.342 e. The smallest absolute Gasteiger partial charge is 0.101 e. The van der Waals surface area contributed by atoms with Crippen LogP contribution in [0.5, 0.6) is 0 Å². The standard InChI is InChI=1S/C15H9N3/c1-18-14-7-10(8-16)5-6-12(14)13-4-2-3-11(9-17)15(13)18/h2-7H,1H3. The highest BCUT2D eigenvalue weighted by atomic mass is 14.9. The number of aryl methyl sites for hydroxylation is 1. The molecular formula is C15H9N3. The van der Waals surface area contributed by atoms with Gasteiger partial charge in [0.05, 0.1) is 28.2 Å². The van der Waals surface area contributed by atoms with E-state index in [2.05, 4.69) is 12.1 Å². The maximum Gasteiger partial charge on any atom is 0.101 e. The Bertz CT molecular complexity index is 857. The first kappa shape index (κ1) is 10.4. The van der Waals surface area contributed by atoms with E-state index in [0.717, 1.165) is 21.8 Å². The molecule has 2 aromatic carbocycles. The van der Waals surface area contributed by atoms with E-state index in [0.29, 0.717) is 11.1 Å². The molecule has 0 aliphatic carbocycles. The first-order valence-electron chi connectivity index (χ1n) is 5.57. The van der Waals surface area contributed by atoms with Gasteiger partial charge in [0.15, 0.2) is 0 Å². The molecule has 0 fully saturated rings. The zero-order valence-electron chi connectivity index (χ0n) is 9.81. The number of rotatable bonds is 0. The summed E-state index contributed by atoms with van der Waals surface area (Å²) in [6.07, 6.45) is 0. The highest BCUT2D eigenvalue weighted by molar-refractivity contribution is 6.09. The molecule has 0 aliphatic rings. The molecule has 0 spiro atoms. The molecule has 3 heteroatoms. The molecule has 3 aromatic rings. The van der Waals surface area contributed by atoms with E-state index in [4.69, 9.17) is 5.26 Å². The molecule has 0 aliphatic heterocycles. The van der Waals surface area contributed by atoms with Crippen molar-refractivity contribution in [2.45, 2.75) is 0 Å². The summed E-state index contributed by atoms with van der Waals surface area (Å²) in [5.74, 6) is 0. The predicted octanol–water partition coefficient (Wildman–Crippen LogP) is 3.07. The minimum absolute atomic E-state index is 0.631. The Morgan fingerprint density at radius 1 is 1.00 bits per heavy atom. The highest BCUT2D eigenvalue weighted by Crippen LogP contribution is 2.30. The van der Waals surface area contributed by atoms with E-state index in [9.17, 15) is 5.26 Å². The van der Waals surface area contributed by atoms with Gasteiger partial charge in [-0.05, 0) is 18.2 Å². The van der Waals surface area contributed by atoms with Gasteiger partial charge in [0.2, 0.25) is 0 Å². The summed E-state index contributed by atoms with van der Waals surface area (Å²) >= 11 is 0. The van der Waals surface area contributed by atoms with Gasteiger partial charge in [-0.15, -0.1) is 0 Å². The van der Waals surface area contributed by atoms with Crippen molar-refractivity contribution in [1.82, 2.24) is 4.57 Å². The lowest BCUT2D eigenvalue weighted by atomic mass is 10.1. The lowest BCUT2D eigenvalue weighted by molar-refractivity contribution is 1.01. The monoisotopic (exact) mass is 231 g/mol. The fraction of sp³-hybridized carbons (Fsp3) is 0.0667. The summed E-state index contributed by atoms with van der Waals surface area (Å²) in [6, 6.07) is 15.7. The molecule has 0 saturated carbocycles. The summed E-state index contributed by atoms with van der Waals surface area (Å²) in [5, 5.41) is 20.2. The van der Waals surface area contributed by atoms with E-state index >= 15 is 0 Å². The Morgan fingerprint density at radius 3 is 2.56 bits per heavy atom. The van der Waals surface area contributed by atoms with E-state index in [1.165, 1.54) is 0 Å². The van der Waals surface area contributed by atoms with Gasteiger partial charge >= 0.3 is 0 Å². The molecular weight excluding hydrogens is 222 g/mol. The molecule has 0 atom stereocenters. The predicted molar refractivity (Wildman–Crippen MR) is 69.9 cm³/mol. The third kappa shape index (κ3) is 1.22. The van der Waals surface area contributed by atoms with Crippen LogP contribution in [0.2, 0.25) is 0 Å². The molecule has 3 nitrogen and oxygen atoms in total. The Morgan fingerprint density at radius 2 is 1.83 bits per heavy atom. The molecule has 3 rings (SSSR count). The zero-order chi connectivity index (χ0) is 12.7. The molecule has 1 aromatic heterocycles. The number of aromatic nitrogens is 1. The number of hydrogen-bond donors (Lipinski definition) is 0. The third-order valence-electron chi connectivity index (χ3n) is 3.27. The molecule has 0 amide bonds. The fourth-order valence-electron chi connectivity index (χ4n) is 2.44. The summed E-state index contributed by atoms with van der Waals surface area (Å²) in [6.45, 7) is 0. The van der Waals surface area contributed by atoms with Gasteiger partial charge in [0.1, 0.15) is 6.07 Å². The van der Waals surface area contributed by atoms with Crippen LogP contribution in [0.3, 0.4) is 0 Å². The molecule has 0 bridgehead atoms. The van der Waals surface area contributed by atoms with Crippen LogP contribution in [0.1, 0.15) is 11.1 Å². The lowest BCUT2D eigenvalue weighted by Gasteiger charge is -1.99. The Kier molecular flexibility index (Phi) is 2.08. The Labute approximate surface area is 104 Å². The molecule has 0 N–H and O–H groups in total. The highest BCUT2D eigenvalue weighted by Gasteiger charge is 2.11. The van der Waals surface area contributed by atoms with Crippen LogP contribution in [-0.2, 0) is 7.05 Å². The molecule has 1 heterocycles. The third-order valence-corrected chi connectivity index (χ3v) is 3.27. The number of hydrogen-bond acceptors (Lipinski definition) is 2. The number of benzene rings is 2. The second-order valence-electron chi connectivity index (χ2n) is 4.22. The fourth-order valence-corrected chi connectivity index (χ4v) is 2.44. The van der Waals surface area contributed by atoms with Crippen LogP contribution >= 0.6 is 0 Å². The normalized spacial score (nSPS) is 10.4. The van der Waals surface area contributed by atoms with Crippen LogP contribution < -0.4 is 0 Å². The van der Waals surface area contributed by atoms with E-state index < -0.39 is 0 Å². The maximum atomic E-state index is 9.17. The summed E-state index contributed by atoms with van der Waals surface area (Å²) in [7, 11) is 1.92. The van der Waals surface area contributed by atoms with Crippen LogP contribution in [0.25, 0.3) is 21.8 Å². The van der Waals surface area contributed by atoms with Crippen molar-refractivity contribution >= 4 is 21.8 Å². The van der Waals surface area contributed by atoms with E-state index in [1.807, 2.05) is 41.9 Å². The SMILES string of the molecule is Cn1c2cc(C#N)ccc2c2cccc(C#N)c21. The summed E-state index contributed by atoms with van der Waals surface area (Å²) in [4.78, 5) is 0. The average molecular weight is 231 g/mol. The molecule has 84 valence electrons. The average Bonchev–Trinajstić information content (AvgIpc) is 2.72. The van der Waals surface area contributed by atoms with Gasteiger partial charge in [-0.25, -0.2) is 0 Å². The van der Waals surface area contributed by atoms with Crippen molar-refractivity contribution in [2.75, 3.05) is 0 Å². The zero-order valence-corrected chi connectivity index (χ0v) is 9.81. The van der Waals surface area contributed by atoms with Crippen LogP contribution in [0.4, 0.5) is 0 Å². The van der Waals surface area contributed by atoms with Crippen molar-refractivity contribution in [3.05, 3.63) is 47.5 Å². The minimum atomic E-state index is 0.631. The first-order chi connectivity index (χ1) is 8.76. The van der Waals surface area contributed by atoms with Crippen LogP contribution in [0.15, 0.2) is 36.4 Å². The van der Waals surface area contributed by atoms with Gasteiger partial charge in [-0.1, -0.05) is 18.2 Å². The second kappa shape index (κ2) is 3.61. The largest absolute Gasteiger partial charge is 0.342 e. The Hall–Kier alpha value is -2.78. The Balaban J connectivity index is 2.59. The second-order valence-corrected chi connectivity index (χ2v) is 4.22. The number of nitriles is 2. The number of nitrogens with zero attached hydrogens (tertiary/aromatic N) is 3. The van der Waals surface area contributed by atoms with E-state index in [1.54, 1.807) is 6.07 Å². The van der Waals surface area contributed by atoms with Gasteiger partial charge in [-0.3, -0.25) is 0 Å².